The number of carbonyl (C=O) groups is 1. The molecule has 2 aromatic heterocycles. The summed E-state index contributed by atoms with van der Waals surface area (Å²) >= 11 is 3.03. The van der Waals surface area contributed by atoms with E-state index in [1.165, 1.54) is 28.2 Å². The molecule has 0 saturated heterocycles. The Balaban J connectivity index is 1.65. The first-order valence-corrected chi connectivity index (χ1v) is 9.35. The van der Waals surface area contributed by atoms with Crippen LogP contribution in [-0.4, -0.2) is 15.9 Å². The zero-order chi connectivity index (χ0) is 16.7. The number of thiazole rings is 2. The third-order valence-electron chi connectivity index (χ3n) is 3.89. The van der Waals surface area contributed by atoms with E-state index in [0.29, 0.717) is 16.6 Å². The first kappa shape index (κ1) is 15.2. The van der Waals surface area contributed by atoms with Gasteiger partial charge in [-0.15, -0.1) is 11.3 Å². The largest absolute Gasteiger partial charge is 0.298 e. The Morgan fingerprint density at radius 3 is 2.88 bits per heavy atom. The van der Waals surface area contributed by atoms with Crippen molar-refractivity contribution in [2.45, 2.75) is 19.8 Å². The molecule has 4 aromatic rings. The monoisotopic (exact) mass is 353 g/mol. The van der Waals surface area contributed by atoms with E-state index in [1.807, 2.05) is 24.3 Å². The quantitative estimate of drug-likeness (QED) is 0.545. The molecule has 4 nitrogen and oxygen atoms in total. The smallest absolute Gasteiger partial charge is 0.257 e. The van der Waals surface area contributed by atoms with Gasteiger partial charge in [0, 0.05) is 5.56 Å². The molecule has 24 heavy (non-hydrogen) atoms. The number of fused-ring (bicyclic) bond motifs is 2. The number of amides is 1. The van der Waals surface area contributed by atoms with Crippen LogP contribution >= 0.6 is 22.7 Å². The SMILES string of the molecule is CC(C)c1cccc2sc(NC(=O)c3ccc4ncsc4c3)nc12. The van der Waals surface area contributed by atoms with E-state index >= 15 is 0 Å². The molecule has 1 N–H and O–H groups in total. The van der Waals surface area contributed by atoms with E-state index in [4.69, 9.17) is 0 Å². The van der Waals surface area contributed by atoms with Gasteiger partial charge in [0.25, 0.3) is 5.91 Å². The standard InChI is InChI=1S/C18H15N3OS2/c1-10(2)12-4-3-5-14-16(12)20-18(24-14)21-17(22)11-6-7-13-15(8-11)23-9-19-13/h3-10H,1-2H3,(H,20,21,22). The lowest BCUT2D eigenvalue weighted by molar-refractivity contribution is 0.102. The molecular weight excluding hydrogens is 338 g/mol. The van der Waals surface area contributed by atoms with Crippen molar-refractivity contribution < 1.29 is 4.79 Å². The van der Waals surface area contributed by atoms with Gasteiger partial charge >= 0.3 is 0 Å². The second-order valence-electron chi connectivity index (χ2n) is 5.86. The van der Waals surface area contributed by atoms with Crippen LogP contribution in [0.25, 0.3) is 20.4 Å². The summed E-state index contributed by atoms with van der Waals surface area (Å²) < 4.78 is 2.10. The molecule has 4 rings (SSSR count). The Bertz CT molecular complexity index is 1050. The van der Waals surface area contributed by atoms with Crippen LogP contribution in [0.5, 0.6) is 0 Å². The van der Waals surface area contributed by atoms with E-state index in [0.717, 1.165) is 20.4 Å². The second-order valence-corrected chi connectivity index (χ2v) is 7.77. The lowest BCUT2D eigenvalue weighted by Crippen LogP contribution is -2.11. The van der Waals surface area contributed by atoms with Gasteiger partial charge in [-0.3, -0.25) is 10.1 Å². The van der Waals surface area contributed by atoms with Crippen molar-refractivity contribution in [2.75, 3.05) is 5.32 Å². The molecule has 0 saturated carbocycles. The number of rotatable bonds is 3. The molecule has 0 radical (unpaired) electrons. The summed E-state index contributed by atoms with van der Waals surface area (Å²) in [5.41, 5.74) is 5.50. The molecule has 0 spiro atoms. The van der Waals surface area contributed by atoms with Gasteiger partial charge in [-0.05, 0) is 35.7 Å². The lowest BCUT2D eigenvalue weighted by Gasteiger charge is -2.04. The predicted octanol–water partition coefficient (Wildman–Crippen LogP) is 5.28. The molecule has 0 unspecified atom stereocenters. The molecule has 0 aliphatic carbocycles. The van der Waals surface area contributed by atoms with E-state index in [1.54, 1.807) is 11.6 Å². The summed E-state index contributed by atoms with van der Waals surface area (Å²) in [4.78, 5) is 21.4. The summed E-state index contributed by atoms with van der Waals surface area (Å²) in [6.45, 7) is 4.30. The highest BCUT2D eigenvalue weighted by molar-refractivity contribution is 7.22. The van der Waals surface area contributed by atoms with Crippen LogP contribution < -0.4 is 5.32 Å². The highest BCUT2D eigenvalue weighted by atomic mass is 32.1. The number of benzene rings is 2. The van der Waals surface area contributed by atoms with E-state index in [2.05, 4.69) is 35.2 Å². The zero-order valence-corrected chi connectivity index (χ0v) is 14.9. The maximum Gasteiger partial charge on any atom is 0.257 e. The first-order chi connectivity index (χ1) is 11.6. The van der Waals surface area contributed by atoms with Crippen LogP contribution in [0, 0.1) is 0 Å². The minimum Gasteiger partial charge on any atom is -0.298 e. The third kappa shape index (κ3) is 2.68. The number of hydrogen-bond donors (Lipinski definition) is 1. The molecule has 0 aliphatic rings. The van der Waals surface area contributed by atoms with Crippen LogP contribution in [-0.2, 0) is 0 Å². The van der Waals surface area contributed by atoms with Crippen molar-refractivity contribution in [2.24, 2.45) is 0 Å². The molecular formula is C18H15N3OS2. The van der Waals surface area contributed by atoms with Crippen molar-refractivity contribution in [3.63, 3.8) is 0 Å². The van der Waals surface area contributed by atoms with Gasteiger partial charge in [0.05, 0.1) is 25.9 Å². The predicted molar refractivity (Wildman–Crippen MR) is 101 cm³/mol. The number of aromatic nitrogens is 2. The van der Waals surface area contributed by atoms with Crippen molar-refractivity contribution in [3.05, 3.63) is 53.0 Å². The van der Waals surface area contributed by atoms with Crippen LogP contribution in [0.2, 0.25) is 0 Å². The van der Waals surface area contributed by atoms with Gasteiger partial charge in [-0.25, -0.2) is 9.97 Å². The van der Waals surface area contributed by atoms with Crippen molar-refractivity contribution in [1.29, 1.82) is 0 Å². The Labute approximate surface area is 147 Å². The molecule has 6 heteroatoms. The van der Waals surface area contributed by atoms with Crippen LogP contribution in [0.4, 0.5) is 5.13 Å². The van der Waals surface area contributed by atoms with Gasteiger partial charge in [-0.1, -0.05) is 37.3 Å². The van der Waals surface area contributed by atoms with Gasteiger partial charge < -0.3 is 0 Å². The minimum absolute atomic E-state index is 0.143. The average molecular weight is 353 g/mol. The number of anilines is 1. The fraction of sp³-hybridized carbons (Fsp3) is 0.167. The number of para-hydroxylation sites is 1. The maximum atomic E-state index is 12.5. The van der Waals surface area contributed by atoms with E-state index in [-0.39, 0.29) is 5.91 Å². The third-order valence-corrected chi connectivity index (χ3v) is 5.61. The summed E-state index contributed by atoms with van der Waals surface area (Å²) in [5.74, 6) is 0.253. The van der Waals surface area contributed by atoms with Gasteiger partial charge in [0.2, 0.25) is 0 Å². The maximum absolute atomic E-state index is 12.5. The Kier molecular flexibility index (Phi) is 3.78. The topological polar surface area (TPSA) is 54.9 Å². The van der Waals surface area contributed by atoms with Crippen LogP contribution in [0.15, 0.2) is 41.9 Å². The van der Waals surface area contributed by atoms with Crippen molar-refractivity contribution in [1.82, 2.24) is 9.97 Å². The molecule has 0 atom stereocenters. The van der Waals surface area contributed by atoms with Gasteiger partial charge in [0.15, 0.2) is 5.13 Å². The number of carbonyl (C=O) groups excluding carboxylic acids is 1. The first-order valence-electron chi connectivity index (χ1n) is 7.66. The van der Waals surface area contributed by atoms with E-state index < -0.39 is 0 Å². The molecule has 2 aromatic carbocycles. The highest BCUT2D eigenvalue weighted by Crippen LogP contribution is 2.32. The van der Waals surface area contributed by atoms with Crippen molar-refractivity contribution in [3.8, 4) is 0 Å². The molecule has 1 amide bonds. The second kappa shape index (κ2) is 5.96. The number of nitrogens with zero attached hydrogens (tertiary/aromatic N) is 2. The molecule has 2 heterocycles. The molecule has 120 valence electrons. The number of nitrogens with one attached hydrogen (secondary N) is 1. The minimum atomic E-state index is -0.143. The molecule has 0 fully saturated rings. The normalized spacial score (nSPS) is 11.5. The Morgan fingerprint density at radius 1 is 1.17 bits per heavy atom. The van der Waals surface area contributed by atoms with Crippen molar-refractivity contribution >= 4 is 54.1 Å². The lowest BCUT2D eigenvalue weighted by atomic mass is 10.0. The highest BCUT2D eigenvalue weighted by Gasteiger charge is 2.14. The fourth-order valence-corrected chi connectivity index (χ4v) is 4.27. The number of hydrogen-bond acceptors (Lipinski definition) is 5. The Morgan fingerprint density at radius 2 is 2.04 bits per heavy atom. The van der Waals surface area contributed by atoms with E-state index in [9.17, 15) is 4.79 Å². The summed E-state index contributed by atoms with van der Waals surface area (Å²) in [5, 5.41) is 3.56. The van der Waals surface area contributed by atoms with Crippen LogP contribution in [0.1, 0.15) is 35.7 Å². The molecule has 0 aliphatic heterocycles. The Hall–Kier alpha value is -2.31. The fourth-order valence-electron chi connectivity index (χ4n) is 2.65. The average Bonchev–Trinajstić information content (AvgIpc) is 3.19. The van der Waals surface area contributed by atoms with Gasteiger partial charge in [-0.2, -0.15) is 0 Å². The summed E-state index contributed by atoms with van der Waals surface area (Å²) in [7, 11) is 0. The van der Waals surface area contributed by atoms with Gasteiger partial charge in [0.1, 0.15) is 0 Å². The zero-order valence-electron chi connectivity index (χ0n) is 13.2. The summed E-state index contributed by atoms with van der Waals surface area (Å²) in [6, 6.07) is 11.7. The molecule has 0 bridgehead atoms. The van der Waals surface area contributed by atoms with Crippen LogP contribution in [0.3, 0.4) is 0 Å². The summed E-state index contributed by atoms with van der Waals surface area (Å²) in [6.07, 6.45) is 0.